The lowest BCUT2D eigenvalue weighted by atomic mass is 10.2. The van der Waals surface area contributed by atoms with E-state index < -0.39 is 0 Å². The van der Waals surface area contributed by atoms with Gasteiger partial charge in [-0.3, -0.25) is 4.98 Å². The number of hydrogen-bond acceptors (Lipinski definition) is 6. The maximum atomic E-state index is 4.40. The SMILES string of the molecule is c1ccc(-c2cnc(CNc3nnc(-c4ccccn4)s3)[nH]2)cc1. The van der Waals surface area contributed by atoms with Gasteiger partial charge in [-0.2, -0.15) is 0 Å². The van der Waals surface area contributed by atoms with Gasteiger partial charge in [0.05, 0.1) is 18.4 Å². The monoisotopic (exact) mass is 334 g/mol. The van der Waals surface area contributed by atoms with Crippen LogP contribution in [0.2, 0.25) is 0 Å². The first-order valence-electron chi connectivity index (χ1n) is 7.46. The average Bonchev–Trinajstić information content (AvgIpc) is 3.31. The molecule has 3 heterocycles. The molecular formula is C17H14N6S. The number of nitrogens with one attached hydrogen (secondary N) is 2. The number of anilines is 1. The van der Waals surface area contributed by atoms with E-state index in [1.165, 1.54) is 11.3 Å². The second-order valence-corrected chi connectivity index (χ2v) is 6.07. The Labute approximate surface area is 142 Å². The molecule has 0 atom stereocenters. The second-order valence-electron chi connectivity index (χ2n) is 5.09. The molecule has 4 rings (SSSR count). The van der Waals surface area contributed by atoms with Crippen LogP contribution < -0.4 is 5.32 Å². The lowest BCUT2D eigenvalue weighted by Gasteiger charge is -1.99. The fourth-order valence-electron chi connectivity index (χ4n) is 2.26. The van der Waals surface area contributed by atoms with Crippen LogP contribution >= 0.6 is 11.3 Å². The minimum absolute atomic E-state index is 0.559. The smallest absolute Gasteiger partial charge is 0.206 e. The number of aromatic amines is 1. The molecule has 0 fully saturated rings. The summed E-state index contributed by atoms with van der Waals surface area (Å²) in [5.41, 5.74) is 2.94. The van der Waals surface area contributed by atoms with Crippen molar-refractivity contribution in [1.82, 2.24) is 25.1 Å². The molecule has 0 aliphatic heterocycles. The third kappa shape index (κ3) is 3.16. The third-order valence-corrected chi connectivity index (χ3v) is 4.33. The minimum Gasteiger partial charge on any atom is -0.353 e. The van der Waals surface area contributed by atoms with Gasteiger partial charge < -0.3 is 10.3 Å². The van der Waals surface area contributed by atoms with Crippen molar-refractivity contribution in [3.8, 4) is 22.0 Å². The number of benzene rings is 1. The van der Waals surface area contributed by atoms with Crippen LogP contribution in [0.5, 0.6) is 0 Å². The Morgan fingerprint density at radius 1 is 0.958 bits per heavy atom. The zero-order valence-electron chi connectivity index (χ0n) is 12.7. The van der Waals surface area contributed by atoms with Gasteiger partial charge in [-0.25, -0.2) is 4.98 Å². The van der Waals surface area contributed by atoms with Crippen LogP contribution in [-0.4, -0.2) is 25.1 Å². The lowest BCUT2D eigenvalue weighted by Crippen LogP contribution is -2.00. The molecular weight excluding hydrogens is 320 g/mol. The van der Waals surface area contributed by atoms with E-state index in [4.69, 9.17) is 0 Å². The number of imidazole rings is 1. The van der Waals surface area contributed by atoms with Crippen molar-refractivity contribution < 1.29 is 0 Å². The predicted molar refractivity (Wildman–Crippen MR) is 94.5 cm³/mol. The van der Waals surface area contributed by atoms with E-state index in [0.717, 1.165) is 32.9 Å². The zero-order valence-corrected chi connectivity index (χ0v) is 13.5. The van der Waals surface area contributed by atoms with Crippen LogP contribution in [-0.2, 0) is 6.54 Å². The molecule has 0 aliphatic carbocycles. The van der Waals surface area contributed by atoms with Gasteiger partial charge in [0.15, 0.2) is 5.01 Å². The first kappa shape index (κ1) is 14.5. The van der Waals surface area contributed by atoms with Crippen molar-refractivity contribution in [2.45, 2.75) is 6.54 Å². The largest absolute Gasteiger partial charge is 0.353 e. The Morgan fingerprint density at radius 2 is 1.83 bits per heavy atom. The molecule has 3 aromatic heterocycles. The zero-order chi connectivity index (χ0) is 16.2. The Morgan fingerprint density at radius 3 is 2.67 bits per heavy atom. The lowest BCUT2D eigenvalue weighted by molar-refractivity contribution is 0.980. The highest BCUT2D eigenvalue weighted by atomic mass is 32.1. The van der Waals surface area contributed by atoms with Gasteiger partial charge in [0.1, 0.15) is 11.5 Å². The Hall–Kier alpha value is -3.06. The highest BCUT2D eigenvalue weighted by Gasteiger charge is 2.08. The summed E-state index contributed by atoms with van der Waals surface area (Å²) in [7, 11) is 0. The van der Waals surface area contributed by atoms with Crippen molar-refractivity contribution in [3.63, 3.8) is 0 Å². The van der Waals surface area contributed by atoms with Crippen molar-refractivity contribution in [1.29, 1.82) is 0 Å². The molecule has 118 valence electrons. The van der Waals surface area contributed by atoms with E-state index in [2.05, 4.69) is 42.6 Å². The average molecular weight is 334 g/mol. The quantitative estimate of drug-likeness (QED) is 0.583. The number of hydrogen-bond donors (Lipinski definition) is 2. The van der Waals surface area contributed by atoms with E-state index in [1.54, 1.807) is 6.20 Å². The molecule has 0 saturated heterocycles. The van der Waals surface area contributed by atoms with Crippen LogP contribution in [0.1, 0.15) is 5.82 Å². The molecule has 6 nitrogen and oxygen atoms in total. The van der Waals surface area contributed by atoms with Gasteiger partial charge in [0.2, 0.25) is 5.13 Å². The van der Waals surface area contributed by atoms with Crippen LogP contribution in [0, 0.1) is 0 Å². The predicted octanol–water partition coefficient (Wildman–Crippen LogP) is 3.60. The minimum atomic E-state index is 0.559. The van der Waals surface area contributed by atoms with Crippen LogP contribution in [0.3, 0.4) is 0 Å². The maximum absolute atomic E-state index is 4.40. The molecule has 0 aliphatic rings. The second kappa shape index (κ2) is 6.59. The Bertz CT molecular complexity index is 839. The number of nitrogens with zero attached hydrogens (tertiary/aromatic N) is 4. The Balaban J connectivity index is 1.43. The standard InChI is InChI=1S/C17H14N6S/c1-2-6-12(7-3-1)14-10-19-15(21-14)11-20-17-23-22-16(24-17)13-8-4-5-9-18-13/h1-10H,11H2,(H,19,21)(H,20,23). The van der Waals surface area contributed by atoms with Gasteiger partial charge in [-0.05, 0) is 17.7 Å². The third-order valence-electron chi connectivity index (χ3n) is 3.43. The van der Waals surface area contributed by atoms with Crippen LogP contribution in [0.4, 0.5) is 5.13 Å². The van der Waals surface area contributed by atoms with Gasteiger partial charge in [-0.1, -0.05) is 47.7 Å². The normalized spacial score (nSPS) is 10.7. The summed E-state index contributed by atoms with van der Waals surface area (Å²) in [6.07, 6.45) is 3.59. The molecule has 0 bridgehead atoms. The van der Waals surface area contributed by atoms with Gasteiger partial charge >= 0.3 is 0 Å². The number of H-pyrrole nitrogens is 1. The Kier molecular flexibility index (Phi) is 3.99. The molecule has 24 heavy (non-hydrogen) atoms. The molecule has 4 aromatic rings. The topological polar surface area (TPSA) is 79.4 Å². The molecule has 0 spiro atoms. The number of aromatic nitrogens is 5. The molecule has 1 aromatic carbocycles. The maximum Gasteiger partial charge on any atom is 0.206 e. The van der Waals surface area contributed by atoms with Crippen molar-refractivity contribution in [2.24, 2.45) is 0 Å². The van der Waals surface area contributed by atoms with E-state index in [0.29, 0.717) is 6.54 Å². The first-order chi connectivity index (χ1) is 11.9. The van der Waals surface area contributed by atoms with Gasteiger partial charge in [0, 0.05) is 6.20 Å². The molecule has 0 saturated carbocycles. The molecule has 7 heteroatoms. The molecule has 0 radical (unpaired) electrons. The molecule has 0 unspecified atom stereocenters. The van der Waals surface area contributed by atoms with Crippen molar-refractivity contribution >= 4 is 16.5 Å². The van der Waals surface area contributed by atoms with Crippen LogP contribution in [0.25, 0.3) is 22.0 Å². The van der Waals surface area contributed by atoms with E-state index in [-0.39, 0.29) is 0 Å². The summed E-state index contributed by atoms with van der Waals surface area (Å²) < 4.78 is 0. The number of rotatable bonds is 5. The summed E-state index contributed by atoms with van der Waals surface area (Å²) >= 11 is 1.47. The summed E-state index contributed by atoms with van der Waals surface area (Å²) in [5, 5.41) is 13.1. The van der Waals surface area contributed by atoms with Crippen molar-refractivity contribution in [3.05, 3.63) is 66.7 Å². The fraction of sp³-hybridized carbons (Fsp3) is 0.0588. The van der Waals surface area contributed by atoms with E-state index in [9.17, 15) is 0 Å². The number of pyridine rings is 1. The summed E-state index contributed by atoms with van der Waals surface area (Å²) in [6, 6.07) is 15.8. The molecule has 2 N–H and O–H groups in total. The van der Waals surface area contributed by atoms with Gasteiger partial charge in [-0.15, -0.1) is 10.2 Å². The molecule has 0 amide bonds. The summed E-state index contributed by atoms with van der Waals surface area (Å²) in [4.78, 5) is 12.0. The van der Waals surface area contributed by atoms with Crippen LogP contribution in [0.15, 0.2) is 60.9 Å². The fourth-order valence-corrected chi connectivity index (χ4v) is 2.98. The van der Waals surface area contributed by atoms with E-state index in [1.807, 2.05) is 42.6 Å². The first-order valence-corrected chi connectivity index (χ1v) is 8.28. The summed E-state index contributed by atoms with van der Waals surface area (Å²) in [6.45, 7) is 0.559. The summed E-state index contributed by atoms with van der Waals surface area (Å²) in [5.74, 6) is 0.850. The van der Waals surface area contributed by atoms with Gasteiger partial charge in [0.25, 0.3) is 0 Å². The highest BCUT2D eigenvalue weighted by Crippen LogP contribution is 2.24. The van der Waals surface area contributed by atoms with Crippen molar-refractivity contribution in [2.75, 3.05) is 5.32 Å². The van der Waals surface area contributed by atoms with E-state index >= 15 is 0 Å². The highest BCUT2D eigenvalue weighted by molar-refractivity contribution is 7.18.